The smallest absolute Gasteiger partial charge is 0.318 e. The Bertz CT molecular complexity index is 1540. The van der Waals surface area contributed by atoms with Crippen molar-refractivity contribution in [3.05, 3.63) is 64.2 Å². The molecule has 0 amide bonds. The van der Waals surface area contributed by atoms with Gasteiger partial charge in [0.2, 0.25) is 0 Å². The molecule has 1 fully saturated rings. The fraction of sp³-hybridized carbons (Fsp3) is 0.484. The SMILES string of the molecule is CN(C)CC=CS(=O)(=O)CCN(C)c1nc(OCC2CCCN2C)nc2c1CCN(c1cccc3cccc(Cl)c13)C2. The first kappa shape index (κ1) is 30.5. The molecule has 2 aromatic carbocycles. The van der Waals surface area contributed by atoms with Crippen molar-refractivity contribution in [2.75, 3.05) is 76.5 Å². The van der Waals surface area contributed by atoms with Crippen LogP contribution in [-0.2, 0) is 22.8 Å². The second-order valence-electron chi connectivity index (χ2n) is 11.6. The Kier molecular flexibility index (Phi) is 9.57. The molecule has 0 aliphatic carbocycles. The minimum Gasteiger partial charge on any atom is -0.462 e. The third kappa shape index (κ3) is 7.16. The van der Waals surface area contributed by atoms with Crippen LogP contribution in [0.2, 0.25) is 5.02 Å². The number of likely N-dealkylation sites (tertiary alicyclic amines) is 1. The average molecular weight is 613 g/mol. The molecule has 0 bridgehead atoms. The molecule has 1 aromatic heterocycles. The van der Waals surface area contributed by atoms with Crippen LogP contribution >= 0.6 is 11.6 Å². The molecule has 2 aliphatic heterocycles. The fourth-order valence-electron chi connectivity index (χ4n) is 5.71. The highest BCUT2D eigenvalue weighted by molar-refractivity contribution is 7.94. The van der Waals surface area contributed by atoms with E-state index < -0.39 is 9.84 Å². The molecule has 9 nitrogen and oxygen atoms in total. The van der Waals surface area contributed by atoms with Crippen molar-refractivity contribution < 1.29 is 13.2 Å². The van der Waals surface area contributed by atoms with Crippen LogP contribution < -0.4 is 14.5 Å². The minimum atomic E-state index is -3.36. The molecule has 42 heavy (non-hydrogen) atoms. The summed E-state index contributed by atoms with van der Waals surface area (Å²) in [6, 6.07) is 12.9. The minimum absolute atomic E-state index is 0.00407. The molecule has 0 radical (unpaired) electrons. The van der Waals surface area contributed by atoms with Gasteiger partial charge in [0.25, 0.3) is 0 Å². The van der Waals surface area contributed by atoms with E-state index in [2.05, 4.69) is 41.1 Å². The summed E-state index contributed by atoms with van der Waals surface area (Å²) in [5.41, 5.74) is 3.00. The first-order chi connectivity index (χ1) is 20.1. The zero-order valence-electron chi connectivity index (χ0n) is 25.0. The lowest BCUT2D eigenvalue weighted by atomic mass is 10.0. The van der Waals surface area contributed by atoms with Gasteiger partial charge >= 0.3 is 6.01 Å². The molecule has 3 heterocycles. The zero-order valence-corrected chi connectivity index (χ0v) is 26.5. The number of hydrogen-bond acceptors (Lipinski definition) is 9. The maximum Gasteiger partial charge on any atom is 0.318 e. The number of nitrogens with zero attached hydrogens (tertiary/aromatic N) is 6. The molecule has 0 spiro atoms. The number of sulfone groups is 1. The van der Waals surface area contributed by atoms with Gasteiger partial charge in [0.1, 0.15) is 12.4 Å². The molecule has 0 N–H and O–H groups in total. The monoisotopic (exact) mass is 612 g/mol. The van der Waals surface area contributed by atoms with Gasteiger partial charge in [-0.15, -0.1) is 0 Å². The zero-order chi connectivity index (χ0) is 29.9. The maximum atomic E-state index is 12.7. The molecular weight excluding hydrogens is 572 g/mol. The van der Waals surface area contributed by atoms with Crippen molar-refractivity contribution in [1.29, 1.82) is 0 Å². The second-order valence-corrected chi connectivity index (χ2v) is 14.0. The number of ether oxygens (including phenoxy) is 1. The third-order valence-electron chi connectivity index (χ3n) is 8.12. The highest BCUT2D eigenvalue weighted by Gasteiger charge is 2.27. The average Bonchev–Trinajstić information content (AvgIpc) is 3.38. The van der Waals surface area contributed by atoms with Gasteiger partial charge in [-0.25, -0.2) is 8.42 Å². The molecular formula is C31H41ClN6O3S. The highest BCUT2D eigenvalue weighted by Crippen LogP contribution is 2.36. The molecule has 1 unspecified atom stereocenters. The van der Waals surface area contributed by atoms with Crippen LogP contribution in [0.15, 0.2) is 47.9 Å². The normalized spacial score (nSPS) is 17.9. The number of hydrogen-bond donors (Lipinski definition) is 0. The maximum absolute atomic E-state index is 12.7. The van der Waals surface area contributed by atoms with E-state index in [0.29, 0.717) is 38.3 Å². The summed E-state index contributed by atoms with van der Waals surface area (Å²) < 4.78 is 31.6. The Hall–Kier alpha value is -2.92. The van der Waals surface area contributed by atoms with E-state index in [1.165, 1.54) is 5.41 Å². The van der Waals surface area contributed by atoms with Gasteiger partial charge in [-0.2, -0.15) is 9.97 Å². The number of likely N-dealkylation sites (N-methyl/N-ethyl adjacent to an activating group) is 2. The predicted molar refractivity (Wildman–Crippen MR) is 172 cm³/mol. The number of benzene rings is 2. The Labute approximate surface area is 254 Å². The summed E-state index contributed by atoms with van der Waals surface area (Å²) in [4.78, 5) is 18.2. The van der Waals surface area contributed by atoms with Crippen molar-refractivity contribution in [2.45, 2.75) is 31.8 Å². The van der Waals surface area contributed by atoms with Crippen LogP contribution in [0.3, 0.4) is 0 Å². The Morgan fingerprint density at radius 2 is 1.90 bits per heavy atom. The molecule has 1 saturated heterocycles. The summed E-state index contributed by atoms with van der Waals surface area (Å²) in [7, 11) is 4.47. The van der Waals surface area contributed by atoms with Crippen molar-refractivity contribution in [3.63, 3.8) is 0 Å². The van der Waals surface area contributed by atoms with Gasteiger partial charge in [0, 0.05) is 54.8 Å². The van der Waals surface area contributed by atoms with Crippen molar-refractivity contribution >= 4 is 43.7 Å². The molecule has 11 heteroatoms. The number of aromatic nitrogens is 2. The number of fused-ring (bicyclic) bond motifs is 2. The van der Waals surface area contributed by atoms with Crippen LogP contribution in [0.4, 0.5) is 11.5 Å². The number of rotatable bonds is 11. The molecule has 0 saturated carbocycles. The van der Waals surface area contributed by atoms with E-state index in [0.717, 1.165) is 70.9 Å². The first-order valence-corrected chi connectivity index (χ1v) is 16.6. The third-order valence-corrected chi connectivity index (χ3v) is 9.79. The van der Waals surface area contributed by atoms with Gasteiger partial charge in [-0.05, 0) is 64.5 Å². The van der Waals surface area contributed by atoms with Crippen molar-refractivity contribution in [1.82, 2.24) is 19.8 Å². The Balaban J connectivity index is 1.42. The second kappa shape index (κ2) is 13.2. The molecule has 3 aromatic rings. The fourth-order valence-corrected chi connectivity index (χ4v) is 7.04. The first-order valence-electron chi connectivity index (χ1n) is 14.5. The summed E-state index contributed by atoms with van der Waals surface area (Å²) in [6.45, 7) is 3.81. The number of halogens is 1. The molecule has 2 aliphatic rings. The lowest BCUT2D eigenvalue weighted by Gasteiger charge is -2.33. The summed E-state index contributed by atoms with van der Waals surface area (Å²) in [5, 5.41) is 4.17. The quantitative estimate of drug-likeness (QED) is 0.316. The number of anilines is 2. The predicted octanol–water partition coefficient (Wildman–Crippen LogP) is 4.25. The molecule has 1 atom stereocenters. The van der Waals surface area contributed by atoms with Gasteiger partial charge in [-0.3, -0.25) is 0 Å². The standard InChI is InChI=1S/C31H41ClN6O3S/c1-35(2)15-8-19-42(39,40)20-18-37(4)30-25-14-17-38(28-13-6-10-23-9-5-12-26(32)29(23)28)21-27(25)33-31(34-30)41-22-24-11-7-16-36(24)3/h5-6,8-10,12-13,19,24H,7,11,14-18,20-22H2,1-4H3. The molecule has 226 valence electrons. The van der Waals surface area contributed by atoms with Crippen LogP contribution in [-0.4, -0.2) is 101 Å². The van der Waals surface area contributed by atoms with E-state index in [1.807, 2.05) is 43.1 Å². The van der Waals surface area contributed by atoms with Crippen LogP contribution in [0.5, 0.6) is 6.01 Å². The highest BCUT2D eigenvalue weighted by atomic mass is 35.5. The van der Waals surface area contributed by atoms with Crippen LogP contribution in [0.25, 0.3) is 10.8 Å². The summed E-state index contributed by atoms with van der Waals surface area (Å²) in [5.74, 6) is 0.730. The van der Waals surface area contributed by atoms with E-state index in [4.69, 9.17) is 26.3 Å². The lowest BCUT2D eigenvalue weighted by Crippen LogP contribution is -2.35. The van der Waals surface area contributed by atoms with Crippen molar-refractivity contribution in [3.8, 4) is 6.01 Å². The van der Waals surface area contributed by atoms with E-state index in [1.54, 1.807) is 6.08 Å². The van der Waals surface area contributed by atoms with E-state index >= 15 is 0 Å². The van der Waals surface area contributed by atoms with E-state index in [-0.39, 0.29) is 5.75 Å². The van der Waals surface area contributed by atoms with Gasteiger partial charge in [0.05, 0.1) is 23.0 Å². The van der Waals surface area contributed by atoms with Gasteiger partial charge < -0.3 is 24.3 Å². The van der Waals surface area contributed by atoms with Gasteiger partial charge in [0.15, 0.2) is 9.84 Å². The summed E-state index contributed by atoms with van der Waals surface area (Å²) in [6.07, 6.45) is 4.64. The molecule has 5 rings (SSSR count). The summed E-state index contributed by atoms with van der Waals surface area (Å²) >= 11 is 6.67. The Morgan fingerprint density at radius 1 is 1.12 bits per heavy atom. The Morgan fingerprint density at radius 3 is 2.64 bits per heavy atom. The topological polar surface area (TPSA) is 82.1 Å². The van der Waals surface area contributed by atoms with E-state index in [9.17, 15) is 8.42 Å². The van der Waals surface area contributed by atoms with Crippen molar-refractivity contribution in [2.24, 2.45) is 0 Å². The van der Waals surface area contributed by atoms with Crippen LogP contribution in [0, 0.1) is 0 Å². The largest absolute Gasteiger partial charge is 0.462 e. The lowest BCUT2D eigenvalue weighted by molar-refractivity contribution is 0.187. The van der Waals surface area contributed by atoms with Crippen LogP contribution in [0.1, 0.15) is 24.1 Å². The van der Waals surface area contributed by atoms with Gasteiger partial charge in [-0.1, -0.05) is 41.9 Å².